The summed E-state index contributed by atoms with van der Waals surface area (Å²) in [6.45, 7) is 4.13. The molecule has 0 radical (unpaired) electrons. The topological polar surface area (TPSA) is 55.5 Å². The molecule has 3 N–H and O–H groups in total. The fraction of sp³-hybridized carbons (Fsp3) is 0.625. The Morgan fingerprint density at radius 2 is 1.75 bits per heavy atom. The number of fused-ring (bicyclic) bond motifs is 1. The van der Waals surface area contributed by atoms with E-state index in [-0.39, 0.29) is 24.0 Å². The largest absolute Gasteiger partial charge is 0.485 e. The number of halogens is 1. The van der Waals surface area contributed by atoms with Gasteiger partial charge in [-0.15, -0.1) is 12.4 Å². The van der Waals surface area contributed by atoms with E-state index in [1.54, 1.807) is 0 Å². The predicted octanol–water partition coefficient (Wildman–Crippen LogP) is 3.18. The lowest BCUT2D eigenvalue weighted by molar-refractivity contribution is -0.0582. The maximum absolute atomic E-state index is 10.6. The van der Waals surface area contributed by atoms with Crippen molar-refractivity contribution < 1.29 is 9.84 Å². The molecular weight excluding hydrogens is 274 g/mol. The fourth-order valence-electron chi connectivity index (χ4n) is 3.49. The molecule has 112 valence electrons. The Kier molecular flexibility index (Phi) is 4.33. The van der Waals surface area contributed by atoms with Gasteiger partial charge >= 0.3 is 0 Å². The Morgan fingerprint density at radius 1 is 1.15 bits per heavy atom. The van der Waals surface area contributed by atoms with Crippen molar-refractivity contribution in [3.05, 3.63) is 28.8 Å². The molecule has 1 aliphatic heterocycles. The second-order valence-corrected chi connectivity index (χ2v) is 6.17. The van der Waals surface area contributed by atoms with E-state index in [9.17, 15) is 5.11 Å². The van der Waals surface area contributed by atoms with E-state index >= 15 is 0 Å². The van der Waals surface area contributed by atoms with E-state index in [1.165, 1.54) is 17.5 Å². The molecule has 1 heterocycles. The van der Waals surface area contributed by atoms with E-state index < -0.39 is 6.10 Å². The second-order valence-electron chi connectivity index (χ2n) is 6.17. The van der Waals surface area contributed by atoms with Crippen LogP contribution in [0.15, 0.2) is 12.1 Å². The van der Waals surface area contributed by atoms with Crippen LogP contribution in [-0.4, -0.2) is 16.7 Å². The normalized spacial score (nSPS) is 27.4. The monoisotopic (exact) mass is 297 g/mol. The molecule has 1 fully saturated rings. The maximum atomic E-state index is 10.6. The van der Waals surface area contributed by atoms with Gasteiger partial charge in [0.2, 0.25) is 0 Å². The average Bonchev–Trinajstić information content (AvgIpc) is 2.40. The summed E-state index contributed by atoms with van der Waals surface area (Å²) < 4.78 is 6.29. The van der Waals surface area contributed by atoms with Gasteiger partial charge in [-0.05, 0) is 62.8 Å². The number of ether oxygens (including phenoxy) is 1. The van der Waals surface area contributed by atoms with E-state index in [0.29, 0.717) is 0 Å². The fourth-order valence-corrected chi connectivity index (χ4v) is 3.49. The standard InChI is InChI=1S/C16H23NO2.ClH/c1-10-8-12-13(9-11(10)2)19-16(15(17)14(12)18)6-4-3-5-7-16;/h8-9,14-15,18H,3-7,17H2,1-2H3;1H. The van der Waals surface area contributed by atoms with Gasteiger partial charge < -0.3 is 15.6 Å². The number of benzene rings is 1. The third kappa shape index (κ3) is 2.32. The number of rotatable bonds is 0. The third-order valence-electron chi connectivity index (χ3n) is 4.91. The van der Waals surface area contributed by atoms with E-state index in [4.69, 9.17) is 10.5 Å². The van der Waals surface area contributed by atoms with Crippen molar-refractivity contribution in [3.8, 4) is 5.75 Å². The van der Waals surface area contributed by atoms with Crippen molar-refractivity contribution in [2.75, 3.05) is 0 Å². The highest BCUT2D eigenvalue weighted by atomic mass is 35.5. The van der Waals surface area contributed by atoms with Crippen LogP contribution in [0.4, 0.5) is 0 Å². The molecule has 2 aliphatic rings. The lowest BCUT2D eigenvalue weighted by Gasteiger charge is -2.47. The van der Waals surface area contributed by atoms with Crippen molar-refractivity contribution in [1.29, 1.82) is 0 Å². The van der Waals surface area contributed by atoms with Gasteiger partial charge in [0.15, 0.2) is 0 Å². The zero-order valence-electron chi connectivity index (χ0n) is 12.2. The Morgan fingerprint density at radius 3 is 2.40 bits per heavy atom. The first-order chi connectivity index (χ1) is 9.03. The molecule has 1 aromatic rings. The van der Waals surface area contributed by atoms with Crippen LogP contribution < -0.4 is 10.5 Å². The first kappa shape index (κ1) is 15.6. The van der Waals surface area contributed by atoms with Crippen LogP contribution in [0.5, 0.6) is 5.75 Å². The molecule has 2 unspecified atom stereocenters. The van der Waals surface area contributed by atoms with Gasteiger partial charge in [-0.2, -0.15) is 0 Å². The average molecular weight is 298 g/mol. The number of aliphatic hydroxyl groups is 1. The van der Waals surface area contributed by atoms with Gasteiger partial charge in [-0.3, -0.25) is 0 Å². The van der Waals surface area contributed by atoms with Gasteiger partial charge in [0.25, 0.3) is 0 Å². The minimum absolute atomic E-state index is 0. The van der Waals surface area contributed by atoms with Gasteiger partial charge in [0.1, 0.15) is 17.5 Å². The van der Waals surface area contributed by atoms with Crippen LogP contribution in [0, 0.1) is 13.8 Å². The number of aryl methyl sites for hydroxylation is 2. The van der Waals surface area contributed by atoms with Crippen LogP contribution in [-0.2, 0) is 0 Å². The van der Waals surface area contributed by atoms with E-state index in [0.717, 1.165) is 37.0 Å². The van der Waals surface area contributed by atoms with Crippen LogP contribution in [0.25, 0.3) is 0 Å². The summed E-state index contributed by atoms with van der Waals surface area (Å²) >= 11 is 0. The van der Waals surface area contributed by atoms with Crippen LogP contribution in [0.2, 0.25) is 0 Å². The minimum atomic E-state index is -0.610. The van der Waals surface area contributed by atoms with Crippen molar-refractivity contribution >= 4 is 12.4 Å². The van der Waals surface area contributed by atoms with Gasteiger partial charge in [-0.25, -0.2) is 0 Å². The zero-order valence-corrected chi connectivity index (χ0v) is 13.0. The number of aliphatic hydroxyl groups excluding tert-OH is 1. The van der Waals surface area contributed by atoms with Gasteiger partial charge in [-0.1, -0.05) is 6.42 Å². The summed E-state index contributed by atoms with van der Waals surface area (Å²) in [4.78, 5) is 0. The molecule has 1 saturated carbocycles. The van der Waals surface area contributed by atoms with Gasteiger partial charge in [0.05, 0.1) is 6.04 Å². The van der Waals surface area contributed by atoms with Crippen molar-refractivity contribution in [1.82, 2.24) is 0 Å². The van der Waals surface area contributed by atoms with E-state index in [1.807, 2.05) is 6.07 Å². The quantitative estimate of drug-likeness (QED) is 0.773. The molecule has 0 saturated heterocycles. The summed E-state index contributed by atoms with van der Waals surface area (Å²) in [7, 11) is 0. The highest BCUT2D eigenvalue weighted by Gasteiger charge is 2.48. The Labute approximate surface area is 126 Å². The highest BCUT2D eigenvalue weighted by Crippen LogP contribution is 2.46. The SMILES string of the molecule is Cc1cc2c(cc1C)C(O)C(N)C1(CCCCC1)O2.Cl. The summed E-state index contributed by atoms with van der Waals surface area (Å²) in [6, 6.07) is 3.75. The van der Waals surface area contributed by atoms with Crippen molar-refractivity contribution in [2.45, 2.75) is 63.7 Å². The number of hydrogen-bond acceptors (Lipinski definition) is 3. The first-order valence-electron chi connectivity index (χ1n) is 7.27. The summed E-state index contributed by atoms with van der Waals surface area (Å²) in [5.74, 6) is 0.833. The lowest BCUT2D eigenvalue weighted by Crippen LogP contribution is -2.58. The molecule has 4 heteroatoms. The maximum Gasteiger partial charge on any atom is 0.127 e. The number of hydrogen-bond donors (Lipinski definition) is 2. The van der Waals surface area contributed by atoms with Gasteiger partial charge in [0, 0.05) is 5.56 Å². The molecule has 0 aromatic heterocycles. The Bertz CT molecular complexity index is 497. The molecule has 1 aromatic carbocycles. The minimum Gasteiger partial charge on any atom is -0.485 e. The summed E-state index contributed by atoms with van der Waals surface area (Å²) in [5.41, 5.74) is 9.19. The molecule has 2 atom stereocenters. The third-order valence-corrected chi connectivity index (χ3v) is 4.91. The van der Waals surface area contributed by atoms with Crippen molar-refractivity contribution in [2.24, 2.45) is 5.73 Å². The zero-order chi connectivity index (χ0) is 13.6. The molecule has 3 rings (SSSR count). The highest BCUT2D eigenvalue weighted by molar-refractivity contribution is 5.85. The molecule has 3 nitrogen and oxygen atoms in total. The number of nitrogens with two attached hydrogens (primary N) is 1. The second kappa shape index (κ2) is 5.55. The molecule has 1 spiro atoms. The Balaban J connectivity index is 0.00000147. The summed E-state index contributed by atoms with van der Waals surface area (Å²) in [6.07, 6.45) is 4.82. The van der Waals surface area contributed by atoms with Crippen LogP contribution >= 0.6 is 12.4 Å². The molecule has 0 bridgehead atoms. The first-order valence-corrected chi connectivity index (χ1v) is 7.27. The predicted molar refractivity (Wildman–Crippen MR) is 82.5 cm³/mol. The molecule has 0 amide bonds. The van der Waals surface area contributed by atoms with Crippen LogP contribution in [0.3, 0.4) is 0 Å². The van der Waals surface area contributed by atoms with E-state index in [2.05, 4.69) is 19.9 Å². The van der Waals surface area contributed by atoms with Crippen LogP contribution in [0.1, 0.15) is 54.9 Å². The molecule has 20 heavy (non-hydrogen) atoms. The Hall–Kier alpha value is -0.770. The summed E-state index contributed by atoms with van der Waals surface area (Å²) in [5, 5.41) is 10.6. The molecular formula is C16H24ClNO2. The lowest BCUT2D eigenvalue weighted by atomic mass is 9.74. The van der Waals surface area contributed by atoms with Crippen molar-refractivity contribution in [3.63, 3.8) is 0 Å². The smallest absolute Gasteiger partial charge is 0.127 e. The molecule has 1 aliphatic carbocycles.